The van der Waals surface area contributed by atoms with E-state index in [0.29, 0.717) is 29.9 Å². The van der Waals surface area contributed by atoms with Gasteiger partial charge in [0.25, 0.3) is 5.91 Å². The number of terminal acetylenes is 1. The summed E-state index contributed by atoms with van der Waals surface area (Å²) in [6, 6.07) is -1.08. The number of aliphatic carboxylic acids is 1. The Kier molecular flexibility index (Phi) is 6.89. The van der Waals surface area contributed by atoms with Gasteiger partial charge in [-0.1, -0.05) is 30.5 Å². The van der Waals surface area contributed by atoms with Crippen molar-refractivity contribution in [3.8, 4) is 12.3 Å². The number of H-pyrrole nitrogens is 1. The van der Waals surface area contributed by atoms with E-state index in [9.17, 15) is 19.8 Å². The number of carbonyl (C=O) groups is 2. The normalized spacial score (nSPS) is 37.7. The maximum absolute atomic E-state index is 12.3. The molecule has 4 aliphatic rings. The van der Waals surface area contributed by atoms with Crippen LogP contribution in [0.2, 0.25) is 0 Å². The van der Waals surface area contributed by atoms with Crippen molar-refractivity contribution in [1.29, 1.82) is 0 Å². The molecule has 3 saturated carbocycles. The van der Waals surface area contributed by atoms with E-state index >= 15 is 0 Å². The molecule has 1 aromatic heterocycles. The molecule has 0 radical (unpaired) electrons. The van der Waals surface area contributed by atoms with Gasteiger partial charge in [0.2, 0.25) is 0 Å². The topological polar surface area (TPSA) is 137 Å². The van der Waals surface area contributed by atoms with Crippen LogP contribution < -0.4 is 5.32 Å². The maximum Gasteiger partial charge on any atom is 0.326 e. The second kappa shape index (κ2) is 9.88. The molecule has 0 unspecified atom stereocenters. The molecule has 9 heteroatoms. The van der Waals surface area contributed by atoms with Crippen LogP contribution in [0.15, 0.2) is 29.3 Å². The van der Waals surface area contributed by atoms with E-state index in [0.717, 1.165) is 50.7 Å². The molecule has 0 bridgehead atoms. The highest BCUT2D eigenvalue weighted by atomic mass is 16.6. The number of aromatic nitrogens is 2. The number of aromatic amines is 1. The van der Waals surface area contributed by atoms with E-state index in [1.54, 1.807) is 0 Å². The Morgan fingerprint density at radius 1 is 1.26 bits per heavy atom. The number of fused-ring (bicyclic) bond motifs is 5. The summed E-state index contributed by atoms with van der Waals surface area (Å²) < 4.78 is 0. The number of hydrogen-bond acceptors (Lipinski definition) is 6. The third-order valence-corrected chi connectivity index (χ3v) is 10.4. The molecule has 9 nitrogen and oxygen atoms in total. The highest BCUT2D eigenvalue weighted by molar-refractivity contribution is 5.96. The summed E-state index contributed by atoms with van der Waals surface area (Å²) in [5.74, 6) is 2.68. The fourth-order valence-electron chi connectivity index (χ4n) is 8.12. The van der Waals surface area contributed by atoms with E-state index in [-0.39, 0.29) is 23.9 Å². The first-order valence-electron chi connectivity index (χ1n) is 13.7. The smallest absolute Gasteiger partial charge is 0.326 e. The average Bonchev–Trinajstić information content (AvgIpc) is 3.49. The molecular formula is C29H38N4O5. The second-order valence-electron chi connectivity index (χ2n) is 12.1. The lowest BCUT2D eigenvalue weighted by atomic mass is 9.46. The van der Waals surface area contributed by atoms with Gasteiger partial charge in [0, 0.05) is 23.7 Å². The number of oxime groups is 1. The summed E-state index contributed by atoms with van der Waals surface area (Å²) in [6.07, 6.45) is 18.6. The van der Waals surface area contributed by atoms with Gasteiger partial charge in [-0.25, -0.2) is 9.78 Å². The number of imidazole rings is 1. The van der Waals surface area contributed by atoms with Crippen molar-refractivity contribution < 1.29 is 24.6 Å². The zero-order chi connectivity index (χ0) is 27.1. The van der Waals surface area contributed by atoms with Crippen LogP contribution in [0.3, 0.4) is 0 Å². The molecule has 4 N–H and O–H groups in total. The monoisotopic (exact) mass is 522 g/mol. The van der Waals surface area contributed by atoms with Crippen LogP contribution in [-0.2, 0) is 20.8 Å². The van der Waals surface area contributed by atoms with Crippen molar-refractivity contribution in [3.63, 3.8) is 0 Å². The van der Waals surface area contributed by atoms with Gasteiger partial charge in [0.05, 0.1) is 12.0 Å². The minimum Gasteiger partial charge on any atom is -0.480 e. The molecule has 7 atom stereocenters. The van der Waals surface area contributed by atoms with E-state index in [1.165, 1.54) is 18.1 Å². The Balaban J connectivity index is 1.20. The van der Waals surface area contributed by atoms with Gasteiger partial charge >= 0.3 is 5.97 Å². The predicted octanol–water partition coefficient (Wildman–Crippen LogP) is 3.22. The quantitative estimate of drug-likeness (QED) is 0.321. The number of carbonyl (C=O) groups excluding carboxylic acids is 1. The zero-order valence-corrected chi connectivity index (χ0v) is 22.2. The molecule has 204 valence electrons. The lowest BCUT2D eigenvalue weighted by molar-refractivity contribution is -0.142. The number of carboxylic acid groups (broad SMARTS) is 1. The minimum absolute atomic E-state index is 0.0961. The lowest BCUT2D eigenvalue weighted by Crippen LogP contribution is -2.54. The number of aliphatic hydroxyl groups is 1. The average molecular weight is 523 g/mol. The Morgan fingerprint density at radius 3 is 2.76 bits per heavy atom. The Bertz CT molecular complexity index is 1190. The maximum atomic E-state index is 12.3. The van der Waals surface area contributed by atoms with E-state index < -0.39 is 23.5 Å². The molecule has 4 aliphatic carbocycles. The molecule has 0 aliphatic heterocycles. The van der Waals surface area contributed by atoms with Crippen LogP contribution in [0, 0.1) is 40.9 Å². The van der Waals surface area contributed by atoms with E-state index in [1.807, 2.05) is 0 Å². The van der Waals surface area contributed by atoms with Gasteiger partial charge in [0.1, 0.15) is 11.6 Å². The fraction of sp³-hybridized carbons (Fsp3) is 0.655. The lowest BCUT2D eigenvalue weighted by Gasteiger charge is -2.58. The van der Waals surface area contributed by atoms with Crippen molar-refractivity contribution in [2.24, 2.45) is 33.7 Å². The van der Waals surface area contributed by atoms with Crippen molar-refractivity contribution in [2.75, 3.05) is 6.61 Å². The molecular weight excluding hydrogens is 484 g/mol. The van der Waals surface area contributed by atoms with Gasteiger partial charge in [0.15, 0.2) is 6.61 Å². The third kappa shape index (κ3) is 4.43. The number of nitrogens with one attached hydrogen (secondary N) is 2. The Labute approximate surface area is 223 Å². The molecule has 1 heterocycles. The zero-order valence-electron chi connectivity index (χ0n) is 22.2. The summed E-state index contributed by atoms with van der Waals surface area (Å²) in [7, 11) is 0. The van der Waals surface area contributed by atoms with Gasteiger partial charge in [-0.15, -0.1) is 6.42 Å². The second-order valence-corrected chi connectivity index (χ2v) is 12.1. The van der Waals surface area contributed by atoms with Crippen LogP contribution in [-0.4, -0.2) is 56.0 Å². The number of nitrogens with zero attached hydrogens (tertiary/aromatic N) is 2. The Morgan fingerprint density at radius 2 is 2.05 bits per heavy atom. The highest BCUT2D eigenvalue weighted by Gasteiger charge is 2.63. The molecule has 0 spiro atoms. The molecule has 1 aromatic rings. The van der Waals surface area contributed by atoms with Gasteiger partial charge in [-0.3, -0.25) is 4.79 Å². The highest BCUT2D eigenvalue weighted by Crippen LogP contribution is 2.67. The minimum atomic E-state index is -1.13. The SMILES string of the molecule is C#C[C@@]1(O)CC[C@@H]2[C@@H]3CCC4=C/C(=N\OCC(=O)N[C@@H](Cc5cnc[nH]5)C(=O)O)CC[C@]4(C)[C@@H]3CC[C@@]21C. The molecule has 0 aromatic carbocycles. The summed E-state index contributed by atoms with van der Waals surface area (Å²) >= 11 is 0. The third-order valence-electron chi connectivity index (χ3n) is 10.4. The van der Waals surface area contributed by atoms with Crippen molar-refractivity contribution in [2.45, 2.75) is 83.3 Å². The molecule has 3 fully saturated rings. The van der Waals surface area contributed by atoms with E-state index in [4.69, 9.17) is 11.3 Å². The van der Waals surface area contributed by atoms with Crippen LogP contribution in [0.5, 0.6) is 0 Å². The first-order chi connectivity index (χ1) is 18.1. The van der Waals surface area contributed by atoms with Crippen LogP contribution in [0.25, 0.3) is 0 Å². The number of hydrogen-bond donors (Lipinski definition) is 4. The summed E-state index contributed by atoms with van der Waals surface area (Å²) in [5.41, 5.74) is 1.75. The van der Waals surface area contributed by atoms with Gasteiger partial charge in [-0.05, 0) is 80.6 Å². The van der Waals surface area contributed by atoms with Gasteiger partial charge in [-0.2, -0.15) is 0 Å². The first-order valence-corrected chi connectivity index (χ1v) is 13.7. The van der Waals surface area contributed by atoms with Crippen molar-refractivity contribution in [3.05, 3.63) is 29.9 Å². The van der Waals surface area contributed by atoms with Crippen LogP contribution in [0.1, 0.15) is 70.9 Å². The van der Waals surface area contributed by atoms with E-state index in [2.05, 4.69) is 46.3 Å². The fourth-order valence-corrected chi connectivity index (χ4v) is 8.12. The molecule has 5 rings (SSSR count). The van der Waals surface area contributed by atoms with Gasteiger partial charge < -0.3 is 25.4 Å². The number of allylic oxidation sites excluding steroid dienone is 2. The number of rotatable bonds is 7. The van der Waals surface area contributed by atoms with Crippen LogP contribution >= 0.6 is 0 Å². The van der Waals surface area contributed by atoms with Crippen LogP contribution in [0.4, 0.5) is 0 Å². The molecule has 0 saturated heterocycles. The first kappa shape index (κ1) is 26.5. The predicted molar refractivity (Wildman–Crippen MR) is 141 cm³/mol. The van der Waals surface area contributed by atoms with Crippen molar-refractivity contribution >= 4 is 17.6 Å². The van der Waals surface area contributed by atoms with Crippen molar-refractivity contribution in [1.82, 2.24) is 15.3 Å². The largest absolute Gasteiger partial charge is 0.480 e. The standard InChI is InChI=1S/C29H38N4O5/c1-4-29(37)12-9-23-21-6-5-18-13-19(7-10-27(18,2)22(21)8-11-28(23,29)3)33-38-16-25(34)32-24(26(35)36)14-20-15-30-17-31-20/h1,13,15,17,21-24,37H,5-12,14,16H2,2-3H3,(H,30,31)(H,32,34)(H,35,36)/b33-19-/t21-,22-,23-,24+,27+,28+,29-/m1/s1. The number of carboxylic acids is 1. The Hall–Kier alpha value is -3.12. The summed E-state index contributed by atoms with van der Waals surface area (Å²) in [4.78, 5) is 35.9. The number of amides is 1. The summed E-state index contributed by atoms with van der Waals surface area (Å²) in [5, 5.41) is 27.3. The molecule has 1 amide bonds. The summed E-state index contributed by atoms with van der Waals surface area (Å²) in [6.45, 7) is 4.25. The molecule has 38 heavy (non-hydrogen) atoms.